The van der Waals surface area contributed by atoms with Crippen molar-refractivity contribution in [2.24, 2.45) is 17.1 Å². The van der Waals surface area contributed by atoms with Gasteiger partial charge in [0.2, 0.25) is 4.80 Å². The van der Waals surface area contributed by atoms with Crippen LogP contribution >= 0.6 is 11.3 Å². The Hall–Kier alpha value is -4.90. The van der Waals surface area contributed by atoms with E-state index in [0.717, 1.165) is 16.8 Å². The summed E-state index contributed by atoms with van der Waals surface area (Å²) in [5.74, 6) is 0. The van der Waals surface area contributed by atoms with Crippen LogP contribution in [-0.2, 0) is 7.05 Å². The standard InChI is InChI=1S/C27H23N7O3S/c1-18(21-8-7-15-28-16-21)30-32-24(20-11-13-23(14-12-20)34(36)37)17-38-27(32)29-25-19(2)31(3)33(26(25)35)22-9-5-4-6-10-22/h4-17H,1-3H3. The molecule has 190 valence electrons. The minimum absolute atomic E-state index is 0.00291. The number of para-hydroxylation sites is 1. The van der Waals surface area contributed by atoms with E-state index in [1.807, 2.05) is 68.7 Å². The van der Waals surface area contributed by atoms with E-state index < -0.39 is 4.92 Å². The molecule has 0 aliphatic heterocycles. The second kappa shape index (κ2) is 10.2. The number of non-ortho nitro benzene ring substituents is 1. The van der Waals surface area contributed by atoms with Crippen LogP contribution in [0.3, 0.4) is 0 Å². The van der Waals surface area contributed by atoms with Crippen LogP contribution in [0.2, 0.25) is 0 Å². The number of hydrogen-bond acceptors (Lipinski definition) is 7. The van der Waals surface area contributed by atoms with Gasteiger partial charge in [-0.25, -0.2) is 14.4 Å². The van der Waals surface area contributed by atoms with Crippen molar-refractivity contribution >= 4 is 28.4 Å². The van der Waals surface area contributed by atoms with Gasteiger partial charge < -0.3 is 0 Å². The number of rotatable bonds is 6. The van der Waals surface area contributed by atoms with Crippen molar-refractivity contribution in [1.29, 1.82) is 0 Å². The number of aromatic nitrogens is 4. The van der Waals surface area contributed by atoms with Crippen LogP contribution in [-0.4, -0.2) is 29.7 Å². The van der Waals surface area contributed by atoms with Gasteiger partial charge in [0, 0.05) is 48.1 Å². The summed E-state index contributed by atoms with van der Waals surface area (Å²) in [5, 5.41) is 17.8. The number of nitro benzene ring substituents is 1. The van der Waals surface area contributed by atoms with Gasteiger partial charge in [-0.2, -0.15) is 5.10 Å². The summed E-state index contributed by atoms with van der Waals surface area (Å²) < 4.78 is 5.01. The van der Waals surface area contributed by atoms with E-state index in [4.69, 9.17) is 10.1 Å². The van der Waals surface area contributed by atoms with E-state index in [0.29, 0.717) is 27.6 Å². The van der Waals surface area contributed by atoms with Crippen molar-refractivity contribution in [2.45, 2.75) is 13.8 Å². The van der Waals surface area contributed by atoms with Gasteiger partial charge in [0.15, 0.2) is 5.69 Å². The van der Waals surface area contributed by atoms with Gasteiger partial charge in [0.1, 0.15) is 0 Å². The van der Waals surface area contributed by atoms with E-state index in [9.17, 15) is 14.9 Å². The Balaban J connectivity index is 1.72. The van der Waals surface area contributed by atoms with Gasteiger partial charge in [-0.15, -0.1) is 11.3 Å². The lowest BCUT2D eigenvalue weighted by Crippen LogP contribution is -2.20. The second-order valence-corrected chi connectivity index (χ2v) is 9.30. The summed E-state index contributed by atoms with van der Waals surface area (Å²) in [6.07, 6.45) is 3.40. The second-order valence-electron chi connectivity index (χ2n) is 8.47. The van der Waals surface area contributed by atoms with Crippen molar-refractivity contribution < 1.29 is 4.92 Å². The number of pyridine rings is 1. The van der Waals surface area contributed by atoms with Gasteiger partial charge in [-0.3, -0.25) is 24.6 Å². The van der Waals surface area contributed by atoms with Crippen LogP contribution in [0.15, 0.2) is 99.4 Å². The molecular weight excluding hydrogens is 502 g/mol. The zero-order valence-corrected chi connectivity index (χ0v) is 21.7. The quantitative estimate of drug-likeness (QED) is 0.180. The molecule has 2 aromatic carbocycles. The minimum Gasteiger partial charge on any atom is -0.283 e. The maximum Gasteiger partial charge on any atom is 0.297 e. The Morgan fingerprint density at radius 1 is 1.05 bits per heavy atom. The number of thiazole rings is 1. The maximum absolute atomic E-state index is 13.5. The first-order chi connectivity index (χ1) is 18.3. The van der Waals surface area contributed by atoms with Gasteiger partial charge in [-0.05, 0) is 44.2 Å². The lowest BCUT2D eigenvalue weighted by atomic mass is 10.1. The normalized spacial score (nSPS) is 12.2. The summed E-state index contributed by atoms with van der Waals surface area (Å²) in [6, 6.07) is 19.4. The molecule has 0 saturated heterocycles. The summed E-state index contributed by atoms with van der Waals surface area (Å²) in [6.45, 7) is 3.71. The SMILES string of the molecule is CC(=Nn1c(-c2ccc([N+](=O)[O-])cc2)csc1=Nc1c(C)n(C)n(-c2ccccc2)c1=O)c1cccnc1. The molecule has 0 fully saturated rings. The molecule has 3 aromatic heterocycles. The van der Waals surface area contributed by atoms with Crippen molar-refractivity contribution in [2.75, 3.05) is 0 Å². The molecule has 0 spiro atoms. The fourth-order valence-electron chi connectivity index (χ4n) is 3.99. The molecule has 0 N–H and O–H groups in total. The summed E-state index contributed by atoms with van der Waals surface area (Å²) in [4.78, 5) is 33.6. The molecule has 3 heterocycles. The third kappa shape index (κ3) is 4.62. The van der Waals surface area contributed by atoms with Crippen LogP contribution in [0.4, 0.5) is 11.4 Å². The molecule has 38 heavy (non-hydrogen) atoms. The van der Waals surface area contributed by atoms with Crippen LogP contribution in [0.25, 0.3) is 16.9 Å². The average molecular weight is 526 g/mol. The zero-order valence-electron chi connectivity index (χ0n) is 20.8. The Labute approximate surface area is 221 Å². The van der Waals surface area contributed by atoms with Crippen molar-refractivity contribution in [1.82, 2.24) is 19.0 Å². The number of nitrogens with zero attached hydrogens (tertiary/aromatic N) is 7. The molecule has 0 aliphatic carbocycles. The largest absolute Gasteiger partial charge is 0.297 e. The van der Waals surface area contributed by atoms with E-state index in [1.54, 1.807) is 38.6 Å². The Kier molecular flexibility index (Phi) is 6.67. The van der Waals surface area contributed by atoms with Gasteiger partial charge >= 0.3 is 0 Å². The van der Waals surface area contributed by atoms with Crippen molar-refractivity contribution in [3.05, 3.63) is 121 Å². The molecule has 0 bridgehead atoms. The van der Waals surface area contributed by atoms with E-state index >= 15 is 0 Å². The zero-order chi connectivity index (χ0) is 26.8. The summed E-state index contributed by atoms with van der Waals surface area (Å²) in [7, 11) is 1.82. The van der Waals surface area contributed by atoms with Crippen LogP contribution in [0.5, 0.6) is 0 Å². The molecular formula is C27H23N7O3S. The van der Waals surface area contributed by atoms with Crippen LogP contribution < -0.4 is 10.4 Å². The molecule has 0 atom stereocenters. The highest BCUT2D eigenvalue weighted by Crippen LogP contribution is 2.24. The molecule has 0 amide bonds. The lowest BCUT2D eigenvalue weighted by molar-refractivity contribution is -0.384. The maximum atomic E-state index is 13.5. The minimum atomic E-state index is -0.438. The third-order valence-corrected chi connectivity index (χ3v) is 6.94. The van der Waals surface area contributed by atoms with Gasteiger partial charge in [0.25, 0.3) is 11.2 Å². The van der Waals surface area contributed by atoms with E-state index in [1.165, 1.54) is 23.5 Å². The average Bonchev–Trinajstić information content (AvgIpc) is 3.42. The molecule has 0 aliphatic rings. The Morgan fingerprint density at radius 2 is 1.79 bits per heavy atom. The monoisotopic (exact) mass is 525 g/mol. The molecule has 10 nitrogen and oxygen atoms in total. The number of hydrogen-bond donors (Lipinski definition) is 0. The van der Waals surface area contributed by atoms with Crippen molar-refractivity contribution in [3.63, 3.8) is 0 Å². The first-order valence-electron chi connectivity index (χ1n) is 11.6. The third-order valence-electron chi connectivity index (χ3n) is 6.12. The Bertz CT molecular complexity index is 1780. The molecule has 5 rings (SSSR count). The number of benzene rings is 2. The highest BCUT2D eigenvalue weighted by Gasteiger charge is 2.17. The molecule has 11 heteroatoms. The first kappa shape index (κ1) is 24.8. The molecule has 0 unspecified atom stereocenters. The van der Waals surface area contributed by atoms with Crippen molar-refractivity contribution in [3.8, 4) is 16.9 Å². The fraction of sp³-hybridized carbons (Fsp3) is 0.111. The Morgan fingerprint density at radius 3 is 2.45 bits per heavy atom. The van der Waals surface area contributed by atoms with Gasteiger partial charge in [-0.1, -0.05) is 24.3 Å². The topological polar surface area (TPSA) is 113 Å². The summed E-state index contributed by atoms with van der Waals surface area (Å²) >= 11 is 1.32. The lowest BCUT2D eigenvalue weighted by Gasteiger charge is -2.07. The molecule has 5 aromatic rings. The molecule has 0 saturated carbocycles. The predicted octanol–water partition coefficient (Wildman–Crippen LogP) is 4.82. The smallest absolute Gasteiger partial charge is 0.283 e. The van der Waals surface area contributed by atoms with Crippen LogP contribution in [0.1, 0.15) is 18.2 Å². The highest BCUT2D eigenvalue weighted by molar-refractivity contribution is 7.07. The van der Waals surface area contributed by atoms with E-state index in [-0.39, 0.29) is 11.2 Å². The fourth-order valence-corrected chi connectivity index (χ4v) is 4.83. The predicted molar refractivity (Wildman–Crippen MR) is 147 cm³/mol. The number of nitro groups is 1. The van der Waals surface area contributed by atoms with Crippen LogP contribution in [0, 0.1) is 17.0 Å². The highest BCUT2D eigenvalue weighted by atomic mass is 32.1. The molecule has 0 radical (unpaired) electrons. The summed E-state index contributed by atoms with van der Waals surface area (Å²) in [5.41, 5.74) is 4.41. The van der Waals surface area contributed by atoms with Gasteiger partial charge in [0.05, 0.1) is 27.7 Å². The van der Waals surface area contributed by atoms with E-state index in [2.05, 4.69) is 4.98 Å². The first-order valence-corrected chi connectivity index (χ1v) is 12.5.